The molecule has 3 nitrogen and oxygen atoms in total. The maximum atomic E-state index is 10.2. The van der Waals surface area contributed by atoms with E-state index in [1.54, 1.807) is 0 Å². The second-order valence-corrected chi connectivity index (χ2v) is 5.01. The first-order valence-electron chi connectivity index (χ1n) is 7.27. The molecular formula is C17H23NO2. The molecule has 0 saturated heterocycles. The van der Waals surface area contributed by atoms with Crippen LogP contribution in [0.4, 0.5) is 0 Å². The van der Waals surface area contributed by atoms with Gasteiger partial charge in [-0.25, -0.2) is 0 Å². The van der Waals surface area contributed by atoms with Crippen molar-refractivity contribution in [3.63, 3.8) is 0 Å². The van der Waals surface area contributed by atoms with Crippen molar-refractivity contribution in [2.24, 2.45) is 5.73 Å². The molecule has 2 atom stereocenters. The third kappa shape index (κ3) is 2.94. The zero-order chi connectivity index (χ0) is 14.5. The van der Waals surface area contributed by atoms with Gasteiger partial charge in [-0.1, -0.05) is 43.7 Å². The number of hydrogen-bond acceptors (Lipinski definition) is 3. The molecule has 0 spiro atoms. The third-order valence-electron chi connectivity index (χ3n) is 3.56. The van der Waals surface area contributed by atoms with Crippen LogP contribution >= 0.6 is 0 Å². The molecule has 0 aliphatic heterocycles. The first kappa shape index (κ1) is 14.8. The molecule has 2 aromatic rings. The van der Waals surface area contributed by atoms with Gasteiger partial charge in [0.05, 0.1) is 18.8 Å². The number of aliphatic hydroxyl groups is 1. The molecule has 0 radical (unpaired) electrons. The zero-order valence-corrected chi connectivity index (χ0v) is 12.2. The van der Waals surface area contributed by atoms with E-state index >= 15 is 0 Å². The first-order valence-corrected chi connectivity index (χ1v) is 7.27. The van der Waals surface area contributed by atoms with E-state index in [1.165, 1.54) is 0 Å². The molecule has 3 heteroatoms. The number of ether oxygens (including phenoxy) is 1. The lowest BCUT2D eigenvalue weighted by atomic mass is 9.93. The summed E-state index contributed by atoms with van der Waals surface area (Å²) in [6.45, 7) is 4.58. The minimum atomic E-state index is -0.551. The van der Waals surface area contributed by atoms with Crippen LogP contribution in [0.3, 0.4) is 0 Å². The maximum Gasteiger partial charge on any atom is 0.124 e. The molecule has 3 N–H and O–H groups in total. The van der Waals surface area contributed by atoms with E-state index < -0.39 is 12.1 Å². The second-order valence-electron chi connectivity index (χ2n) is 5.01. The monoisotopic (exact) mass is 273 g/mol. The summed E-state index contributed by atoms with van der Waals surface area (Å²) in [5, 5.41) is 12.4. The van der Waals surface area contributed by atoms with E-state index in [0.29, 0.717) is 13.0 Å². The largest absolute Gasteiger partial charge is 0.494 e. The van der Waals surface area contributed by atoms with Gasteiger partial charge in [-0.05, 0) is 30.2 Å². The quantitative estimate of drug-likeness (QED) is 0.848. The van der Waals surface area contributed by atoms with Gasteiger partial charge in [0.15, 0.2) is 0 Å². The van der Waals surface area contributed by atoms with Crippen LogP contribution in [0.2, 0.25) is 0 Å². The maximum absolute atomic E-state index is 10.2. The molecule has 20 heavy (non-hydrogen) atoms. The topological polar surface area (TPSA) is 55.5 Å². The summed E-state index contributed by atoms with van der Waals surface area (Å²) in [6, 6.07) is 11.6. The summed E-state index contributed by atoms with van der Waals surface area (Å²) in [5.74, 6) is 0.772. The molecule has 2 rings (SSSR count). The standard InChI is InChI=1S/C17H23NO2/c1-3-7-14(19)17(18)16-13-9-6-5-8-12(13)10-11-15(16)20-4-2/h5-6,8-11,14,17,19H,3-4,7,18H2,1-2H3/t14-,17-/m0/s1. The van der Waals surface area contributed by atoms with Gasteiger partial charge in [-0.15, -0.1) is 0 Å². The average Bonchev–Trinajstić information content (AvgIpc) is 2.47. The third-order valence-corrected chi connectivity index (χ3v) is 3.56. The smallest absolute Gasteiger partial charge is 0.124 e. The highest BCUT2D eigenvalue weighted by Crippen LogP contribution is 2.34. The van der Waals surface area contributed by atoms with Crippen molar-refractivity contribution in [2.45, 2.75) is 38.8 Å². The van der Waals surface area contributed by atoms with Crippen LogP contribution in [0.15, 0.2) is 36.4 Å². The number of rotatable bonds is 6. The van der Waals surface area contributed by atoms with Crippen LogP contribution in [0.25, 0.3) is 10.8 Å². The second kappa shape index (κ2) is 6.73. The lowest BCUT2D eigenvalue weighted by Crippen LogP contribution is -2.26. The lowest BCUT2D eigenvalue weighted by molar-refractivity contribution is 0.133. The molecule has 0 aliphatic rings. The molecule has 108 valence electrons. The number of aliphatic hydroxyl groups excluding tert-OH is 1. The summed E-state index contributed by atoms with van der Waals surface area (Å²) in [6.07, 6.45) is 1.05. The predicted octanol–water partition coefficient (Wildman–Crippen LogP) is 3.40. The summed E-state index contributed by atoms with van der Waals surface area (Å²) >= 11 is 0. The lowest BCUT2D eigenvalue weighted by Gasteiger charge is -2.23. The van der Waals surface area contributed by atoms with E-state index in [0.717, 1.165) is 28.5 Å². The van der Waals surface area contributed by atoms with Crippen molar-refractivity contribution >= 4 is 10.8 Å². The molecule has 0 amide bonds. The summed E-state index contributed by atoms with van der Waals surface area (Å²) in [7, 11) is 0. The van der Waals surface area contributed by atoms with Gasteiger partial charge < -0.3 is 15.6 Å². The average molecular weight is 273 g/mol. The number of hydrogen-bond donors (Lipinski definition) is 2. The Hall–Kier alpha value is -1.58. The Bertz CT molecular complexity index is 568. The minimum Gasteiger partial charge on any atom is -0.494 e. The SMILES string of the molecule is CCC[C@H](O)[C@H](N)c1c(OCC)ccc2ccccc12. The van der Waals surface area contributed by atoms with Gasteiger partial charge in [-0.3, -0.25) is 0 Å². The molecule has 0 aliphatic carbocycles. The van der Waals surface area contributed by atoms with Gasteiger partial charge in [0, 0.05) is 5.56 Å². The molecular weight excluding hydrogens is 250 g/mol. The predicted molar refractivity (Wildman–Crippen MR) is 83.0 cm³/mol. The van der Waals surface area contributed by atoms with Gasteiger partial charge >= 0.3 is 0 Å². The Balaban J connectivity index is 2.54. The Kier molecular flexibility index (Phi) is 4.99. The molecule has 0 heterocycles. The van der Waals surface area contributed by atoms with E-state index in [9.17, 15) is 5.11 Å². The Morgan fingerprint density at radius 2 is 1.90 bits per heavy atom. The Morgan fingerprint density at radius 3 is 2.60 bits per heavy atom. The van der Waals surface area contributed by atoms with E-state index in [2.05, 4.69) is 0 Å². The number of nitrogens with two attached hydrogens (primary N) is 1. The van der Waals surface area contributed by atoms with Gasteiger partial charge in [0.1, 0.15) is 5.75 Å². The summed E-state index contributed by atoms with van der Waals surface area (Å²) < 4.78 is 5.70. The van der Waals surface area contributed by atoms with Crippen molar-refractivity contribution < 1.29 is 9.84 Å². The zero-order valence-electron chi connectivity index (χ0n) is 12.2. The fourth-order valence-corrected chi connectivity index (χ4v) is 2.57. The molecule has 0 aromatic heterocycles. The fraction of sp³-hybridized carbons (Fsp3) is 0.412. The van der Waals surface area contributed by atoms with Crippen molar-refractivity contribution in [1.29, 1.82) is 0 Å². The van der Waals surface area contributed by atoms with E-state index in [-0.39, 0.29) is 0 Å². The van der Waals surface area contributed by atoms with Crippen LogP contribution in [-0.4, -0.2) is 17.8 Å². The van der Waals surface area contributed by atoms with E-state index in [1.807, 2.05) is 50.2 Å². The Labute approximate surface area is 120 Å². The highest BCUT2D eigenvalue weighted by atomic mass is 16.5. The van der Waals surface area contributed by atoms with E-state index in [4.69, 9.17) is 10.5 Å². The van der Waals surface area contributed by atoms with Crippen molar-refractivity contribution in [3.8, 4) is 5.75 Å². The number of fused-ring (bicyclic) bond motifs is 1. The first-order chi connectivity index (χ1) is 9.69. The molecule has 0 fully saturated rings. The molecule has 2 aromatic carbocycles. The van der Waals surface area contributed by atoms with Gasteiger partial charge in [0.25, 0.3) is 0 Å². The molecule has 0 unspecified atom stereocenters. The summed E-state index contributed by atoms with van der Waals surface area (Å²) in [5.41, 5.74) is 7.20. The molecule has 0 saturated carbocycles. The van der Waals surface area contributed by atoms with Gasteiger partial charge in [0.2, 0.25) is 0 Å². The Morgan fingerprint density at radius 1 is 1.15 bits per heavy atom. The van der Waals surface area contributed by atoms with Crippen molar-refractivity contribution in [3.05, 3.63) is 42.0 Å². The normalized spacial score (nSPS) is 14.2. The minimum absolute atomic E-state index is 0.428. The fourth-order valence-electron chi connectivity index (χ4n) is 2.57. The van der Waals surface area contributed by atoms with Crippen molar-refractivity contribution in [2.75, 3.05) is 6.61 Å². The summed E-state index contributed by atoms with van der Waals surface area (Å²) in [4.78, 5) is 0. The van der Waals surface area contributed by atoms with Crippen LogP contribution in [0.5, 0.6) is 5.75 Å². The van der Waals surface area contributed by atoms with Crippen LogP contribution in [-0.2, 0) is 0 Å². The molecule has 0 bridgehead atoms. The highest BCUT2D eigenvalue weighted by molar-refractivity contribution is 5.88. The van der Waals surface area contributed by atoms with Crippen LogP contribution in [0, 0.1) is 0 Å². The number of benzene rings is 2. The van der Waals surface area contributed by atoms with Crippen LogP contribution in [0.1, 0.15) is 38.3 Å². The van der Waals surface area contributed by atoms with Gasteiger partial charge in [-0.2, -0.15) is 0 Å². The van der Waals surface area contributed by atoms with Crippen LogP contribution < -0.4 is 10.5 Å². The van der Waals surface area contributed by atoms with Crippen molar-refractivity contribution in [1.82, 2.24) is 0 Å². The highest BCUT2D eigenvalue weighted by Gasteiger charge is 2.22.